The van der Waals surface area contributed by atoms with Gasteiger partial charge in [-0.1, -0.05) is 11.6 Å². The Labute approximate surface area is 183 Å². The second kappa shape index (κ2) is 8.77. The lowest BCUT2D eigenvalue weighted by molar-refractivity contribution is -0.114. The third kappa shape index (κ3) is 4.75. The molecule has 0 fully saturated rings. The second-order valence-electron chi connectivity index (χ2n) is 6.80. The zero-order valence-electron chi connectivity index (χ0n) is 16.4. The lowest BCUT2D eigenvalue weighted by Gasteiger charge is -2.10. The average molecular weight is 439 g/mol. The monoisotopic (exact) mass is 438 g/mol. The Kier molecular flexibility index (Phi) is 5.92. The standard InChI is InChI=1S/C22H19ClN4O2S/c1-14-10-18(24-15(2)28)12-20(11-14)30-22-26-25-21(16-5-7-17(23)8-6-16)27(22)13-19-4-3-9-29-19/h3-12H,13H2,1-2H3,(H,24,28). The Bertz CT molecular complexity index is 1170. The molecule has 0 radical (unpaired) electrons. The number of anilines is 1. The summed E-state index contributed by atoms with van der Waals surface area (Å²) in [4.78, 5) is 12.4. The predicted octanol–water partition coefficient (Wildman–Crippen LogP) is 5.66. The maximum Gasteiger partial charge on any atom is 0.221 e. The summed E-state index contributed by atoms with van der Waals surface area (Å²) in [6, 6.07) is 17.2. The third-order valence-electron chi connectivity index (χ3n) is 4.29. The number of hydrogen-bond donors (Lipinski definition) is 1. The van der Waals surface area contributed by atoms with Crippen molar-refractivity contribution >= 4 is 35.0 Å². The molecule has 2 aromatic carbocycles. The fourth-order valence-corrected chi connectivity index (χ4v) is 4.18. The van der Waals surface area contributed by atoms with Gasteiger partial charge >= 0.3 is 0 Å². The molecule has 0 aliphatic rings. The van der Waals surface area contributed by atoms with Gasteiger partial charge in [-0.25, -0.2) is 0 Å². The van der Waals surface area contributed by atoms with Crippen molar-refractivity contribution in [2.24, 2.45) is 0 Å². The SMILES string of the molecule is CC(=O)Nc1cc(C)cc(Sc2nnc(-c3ccc(Cl)cc3)n2Cc2ccco2)c1. The van der Waals surface area contributed by atoms with E-state index in [4.69, 9.17) is 16.0 Å². The van der Waals surface area contributed by atoms with E-state index in [9.17, 15) is 4.79 Å². The smallest absolute Gasteiger partial charge is 0.221 e. The molecule has 0 aliphatic carbocycles. The highest BCUT2D eigenvalue weighted by Gasteiger charge is 2.17. The number of furan rings is 1. The van der Waals surface area contributed by atoms with Crippen molar-refractivity contribution in [1.82, 2.24) is 14.8 Å². The molecule has 30 heavy (non-hydrogen) atoms. The second-order valence-corrected chi connectivity index (χ2v) is 8.27. The average Bonchev–Trinajstić information content (AvgIpc) is 3.33. The normalized spacial score (nSPS) is 10.9. The summed E-state index contributed by atoms with van der Waals surface area (Å²) in [5.41, 5.74) is 2.70. The van der Waals surface area contributed by atoms with Gasteiger partial charge in [0.15, 0.2) is 11.0 Å². The summed E-state index contributed by atoms with van der Waals surface area (Å²) in [5, 5.41) is 13.1. The van der Waals surface area contributed by atoms with Crippen molar-refractivity contribution in [2.75, 3.05) is 5.32 Å². The molecule has 4 rings (SSSR count). The highest BCUT2D eigenvalue weighted by atomic mass is 35.5. The molecule has 0 aliphatic heterocycles. The van der Waals surface area contributed by atoms with Gasteiger partial charge in [0.05, 0.1) is 12.8 Å². The van der Waals surface area contributed by atoms with Crippen LogP contribution in [0.2, 0.25) is 5.02 Å². The number of aromatic nitrogens is 3. The predicted molar refractivity (Wildman–Crippen MR) is 118 cm³/mol. The van der Waals surface area contributed by atoms with E-state index in [0.29, 0.717) is 11.6 Å². The number of carbonyl (C=O) groups is 1. The van der Waals surface area contributed by atoms with E-state index < -0.39 is 0 Å². The molecule has 0 atom stereocenters. The molecule has 1 amide bonds. The Morgan fingerprint density at radius 3 is 2.67 bits per heavy atom. The minimum absolute atomic E-state index is 0.109. The van der Waals surface area contributed by atoms with Crippen LogP contribution >= 0.6 is 23.4 Å². The summed E-state index contributed by atoms with van der Waals surface area (Å²) >= 11 is 7.52. The van der Waals surface area contributed by atoms with E-state index in [1.165, 1.54) is 18.7 Å². The molecule has 8 heteroatoms. The van der Waals surface area contributed by atoms with Crippen LogP contribution in [0, 0.1) is 6.92 Å². The Hall–Kier alpha value is -3.03. The van der Waals surface area contributed by atoms with E-state index in [2.05, 4.69) is 15.5 Å². The summed E-state index contributed by atoms with van der Waals surface area (Å²) in [7, 11) is 0. The fourth-order valence-electron chi connectivity index (χ4n) is 3.07. The summed E-state index contributed by atoms with van der Waals surface area (Å²) < 4.78 is 7.56. The molecular weight excluding hydrogens is 420 g/mol. The highest BCUT2D eigenvalue weighted by molar-refractivity contribution is 7.99. The third-order valence-corrected chi connectivity index (χ3v) is 5.50. The van der Waals surface area contributed by atoms with Gasteiger partial charge in [0, 0.05) is 28.1 Å². The first-order valence-corrected chi connectivity index (χ1v) is 10.5. The van der Waals surface area contributed by atoms with Gasteiger partial charge in [-0.05, 0) is 78.8 Å². The molecule has 152 valence electrons. The molecule has 0 spiro atoms. The van der Waals surface area contributed by atoms with Crippen molar-refractivity contribution in [3.63, 3.8) is 0 Å². The summed E-state index contributed by atoms with van der Waals surface area (Å²) in [5.74, 6) is 1.41. The van der Waals surface area contributed by atoms with Crippen LogP contribution in [-0.4, -0.2) is 20.7 Å². The largest absolute Gasteiger partial charge is 0.467 e. The van der Waals surface area contributed by atoms with E-state index in [-0.39, 0.29) is 5.91 Å². The van der Waals surface area contributed by atoms with Gasteiger partial charge in [-0.2, -0.15) is 0 Å². The van der Waals surface area contributed by atoms with E-state index in [1.807, 2.05) is 66.1 Å². The van der Waals surface area contributed by atoms with Crippen molar-refractivity contribution in [1.29, 1.82) is 0 Å². The van der Waals surface area contributed by atoms with Crippen LogP contribution in [0.3, 0.4) is 0 Å². The van der Waals surface area contributed by atoms with Gasteiger partial charge in [-0.3, -0.25) is 9.36 Å². The van der Waals surface area contributed by atoms with Crippen LogP contribution in [0.15, 0.2) is 75.3 Å². The van der Waals surface area contributed by atoms with E-state index in [0.717, 1.165) is 38.5 Å². The first-order valence-electron chi connectivity index (χ1n) is 9.26. The molecule has 6 nitrogen and oxygen atoms in total. The van der Waals surface area contributed by atoms with Crippen molar-refractivity contribution < 1.29 is 9.21 Å². The van der Waals surface area contributed by atoms with E-state index in [1.54, 1.807) is 6.26 Å². The summed E-state index contributed by atoms with van der Waals surface area (Å²) in [6.07, 6.45) is 1.65. The maximum atomic E-state index is 11.4. The Morgan fingerprint density at radius 1 is 1.17 bits per heavy atom. The molecule has 0 bridgehead atoms. The molecule has 1 N–H and O–H groups in total. The lowest BCUT2D eigenvalue weighted by atomic mass is 10.2. The van der Waals surface area contributed by atoms with Gasteiger partial charge in [0.25, 0.3) is 0 Å². The van der Waals surface area contributed by atoms with E-state index >= 15 is 0 Å². The minimum atomic E-state index is -0.109. The van der Waals surface area contributed by atoms with Crippen molar-refractivity contribution in [3.8, 4) is 11.4 Å². The molecule has 2 heterocycles. The maximum absolute atomic E-state index is 11.4. The molecule has 0 unspecified atom stereocenters. The number of halogens is 1. The van der Waals surface area contributed by atoms with Gasteiger partial charge in [-0.15, -0.1) is 10.2 Å². The van der Waals surface area contributed by atoms with Gasteiger partial charge < -0.3 is 9.73 Å². The number of nitrogens with one attached hydrogen (secondary N) is 1. The molecule has 0 saturated heterocycles. The summed E-state index contributed by atoms with van der Waals surface area (Å²) in [6.45, 7) is 3.97. The Morgan fingerprint density at radius 2 is 1.97 bits per heavy atom. The van der Waals surface area contributed by atoms with Crippen molar-refractivity contribution in [2.45, 2.75) is 30.4 Å². The van der Waals surface area contributed by atoms with Crippen LogP contribution in [0.25, 0.3) is 11.4 Å². The molecule has 4 aromatic rings. The molecular formula is C22H19ClN4O2S. The van der Waals surface area contributed by atoms with Crippen LogP contribution in [0.5, 0.6) is 0 Å². The number of rotatable bonds is 6. The Balaban J connectivity index is 1.72. The number of nitrogens with zero attached hydrogens (tertiary/aromatic N) is 3. The first-order chi connectivity index (χ1) is 14.5. The fraction of sp³-hybridized carbons (Fsp3) is 0.136. The topological polar surface area (TPSA) is 73.0 Å². The minimum Gasteiger partial charge on any atom is -0.467 e. The number of amides is 1. The zero-order valence-corrected chi connectivity index (χ0v) is 18.0. The van der Waals surface area contributed by atoms with Crippen LogP contribution < -0.4 is 5.32 Å². The highest BCUT2D eigenvalue weighted by Crippen LogP contribution is 2.33. The van der Waals surface area contributed by atoms with Crippen molar-refractivity contribution in [3.05, 3.63) is 77.2 Å². The number of aryl methyl sites for hydroxylation is 1. The van der Waals surface area contributed by atoms with Crippen LogP contribution in [-0.2, 0) is 11.3 Å². The number of benzene rings is 2. The molecule has 0 saturated carbocycles. The number of carbonyl (C=O) groups excluding carboxylic acids is 1. The quantitative estimate of drug-likeness (QED) is 0.420. The number of hydrogen-bond acceptors (Lipinski definition) is 5. The first kappa shape index (κ1) is 20.3. The lowest BCUT2D eigenvalue weighted by Crippen LogP contribution is -2.06. The van der Waals surface area contributed by atoms with Crippen LogP contribution in [0.4, 0.5) is 5.69 Å². The van der Waals surface area contributed by atoms with Crippen LogP contribution in [0.1, 0.15) is 18.2 Å². The van der Waals surface area contributed by atoms with Gasteiger partial charge in [0.1, 0.15) is 5.76 Å². The zero-order chi connectivity index (χ0) is 21.1. The van der Waals surface area contributed by atoms with Gasteiger partial charge in [0.2, 0.25) is 5.91 Å². The molecule has 2 aromatic heterocycles.